The minimum Gasteiger partial charge on any atom is -0.310 e. The van der Waals surface area contributed by atoms with Gasteiger partial charge in [-0.25, -0.2) is 13.2 Å². The Morgan fingerprint density at radius 2 is 1.65 bits per heavy atom. The van der Waals surface area contributed by atoms with E-state index in [4.69, 9.17) is 0 Å². The molecule has 0 aliphatic rings. The van der Waals surface area contributed by atoms with Gasteiger partial charge in [0.2, 0.25) is 0 Å². The fourth-order valence-corrected chi connectivity index (χ4v) is 2.21. The molecule has 0 amide bonds. The summed E-state index contributed by atoms with van der Waals surface area (Å²) >= 11 is 0. The van der Waals surface area contributed by atoms with Gasteiger partial charge in [0.05, 0.1) is 0 Å². The van der Waals surface area contributed by atoms with Gasteiger partial charge in [-0.3, -0.25) is 0 Å². The molecule has 0 heterocycles. The second-order valence-corrected chi connectivity index (χ2v) is 4.61. The van der Waals surface area contributed by atoms with Crippen molar-refractivity contribution in [3.63, 3.8) is 0 Å². The summed E-state index contributed by atoms with van der Waals surface area (Å²) in [4.78, 5) is 0. The van der Waals surface area contributed by atoms with Crippen molar-refractivity contribution in [2.75, 3.05) is 6.54 Å². The molecule has 0 bridgehead atoms. The number of halogens is 3. The van der Waals surface area contributed by atoms with Crippen molar-refractivity contribution in [1.29, 1.82) is 0 Å². The minimum absolute atomic E-state index is 0.313. The Balaban J connectivity index is 2.29. The molecule has 1 unspecified atom stereocenters. The zero-order valence-corrected chi connectivity index (χ0v) is 11.2. The highest BCUT2D eigenvalue weighted by Gasteiger charge is 2.15. The second kappa shape index (κ2) is 6.57. The third-order valence-corrected chi connectivity index (χ3v) is 3.12. The molecular formula is C16H16F3N. The maximum Gasteiger partial charge on any atom is 0.126 e. The monoisotopic (exact) mass is 279 g/mol. The van der Waals surface area contributed by atoms with E-state index in [0.29, 0.717) is 24.1 Å². The van der Waals surface area contributed by atoms with Crippen LogP contribution in [0.25, 0.3) is 0 Å². The molecule has 0 saturated carbocycles. The van der Waals surface area contributed by atoms with E-state index in [1.165, 1.54) is 18.2 Å². The quantitative estimate of drug-likeness (QED) is 0.872. The fraction of sp³-hybridized carbons (Fsp3) is 0.250. The summed E-state index contributed by atoms with van der Waals surface area (Å²) in [5, 5.41) is 3.13. The Morgan fingerprint density at radius 3 is 2.25 bits per heavy atom. The van der Waals surface area contributed by atoms with E-state index >= 15 is 0 Å². The summed E-state index contributed by atoms with van der Waals surface area (Å²) in [6, 6.07) is 9.46. The lowest BCUT2D eigenvalue weighted by molar-refractivity contribution is 0.515. The van der Waals surface area contributed by atoms with E-state index in [1.54, 1.807) is 18.2 Å². The van der Waals surface area contributed by atoms with Gasteiger partial charge in [0, 0.05) is 12.1 Å². The molecule has 2 rings (SSSR count). The average Bonchev–Trinajstić information content (AvgIpc) is 2.39. The SMILES string of the molecule is CCNC(Cc1ccccc1F)c1cc(F)cc(F)c1. The van der Waals surface area contributed by atoms with Crippen LogP contribution in [0.5, 0.6) is 0 Å². The molecule has 4 heteroatoms. The molecular weight excluding hydrogens is 263 g/mol. The second-order valence-electron chi connectivity index (χ2n) is 4.61. The number of nitrogens with one attached hydrogen (secondary N) is 1. The van der Waals surface area contributed by atoms with Gasteiger partial charge in [-0.2, -0.15) is 0 Å². The van der Waals surface area contributed by atoms with Crippen molar-refractivity contribution in [2.45, 2.75) is 19.4 Å². The molecule has 1 nitrogen and oxygen atoms in total. The van der Waals surface area contributed by atoms with Crippen molar-refractivity contribution in [3.05, 3.63) is 71.0 Å². The standard InChI is InChI=1S/C16H16F3N/c1-2-20-16(9-11-5-3-4-6-15(11)19)12-7-13(17)10-14(18)8-12/h3-8,10,16,20H,2,9H2,1H3. The van der Waals surface area contributed by atoms with Gasteiger partial charge in [-0.15, -0.1) is 0 Å². The van der Waals surface area contributed by atoms with E-state index in [2.05, 4.69) is 5.32 Å². The Bertz CT molecular complexity index is 563. The Hall–Kier alpha value is -1.81. The van der Waals surface area contributed by atoms with Crippen LogP contribution in [0.3, 0.4) is 0 Å². The summed E-state index contributed by atoms with van der Waals surface area (Å²) in [5.41, 5.74) is 0.996. The van der Waals surface area contributed by atoms with E-state index < -0.39 is 11.6 Å². The van der Waals surface area contributed by atoms with Crippen LogP contribution in [-0.2, 0) is 6.42 Å². The Morgan fingerprint density at radius 1 is 1.00 bits per heavy atom. The lowest BCUT2D eigenvalue weighted by atomic mass is 9.98. The molecule has 0 aliphatic carbocycles. The predicted octanol–water partition coefficient (Wildman–Crippen LogP) is 4.00. The van der Waals surface area contributed by atoms with Crippen LogP contribution in [0.15, 0.2) is 42.5 Å². The average molecular weight is 279 g/mol. The van der Waals surface area contributed by atoms with Crippen LogP contribution in [0.2, 0.25) is 0 Å². The van der Waals surface area contributed by atoms with Gasteiger partial charge >= 0.3 is 0 Å². The molecule has 1 atom stereocenters. The third kappa shape index (κ3) is 3.61. The Kier molecular flexibility index (Phi) is 4.79. The molecule has 0 aliphatic heterocycles. The first-order valence-electron chi connectivity index (χ1n) is 6.53. The van der Waals surface area contributed by atoms with Crippen LogP contribution in [0.1, 0.15) is 24.1 Å². The number of likely N-dealkylation sites (N-methyl/N-ethyl adjacent to an activating group) is 1. The highest BCUT2D eigenvalue weighted by Crippen LogP contribution is 2.22. The number of rotatable bonds is 5. The minimum atomic E-state index is -0.628. The first kappa shape index (κ1) is 14.6. The zero-order valence-electron chi connectivity index (χ0n) is 11.2. The van der Waals surface area contributed by atoms with Crippen LogP contribution < -0.4 is 5.32 Å². The van der Waals surface area contributed by atoms with Crippen LogP contribution >= 0.6 is 0 Å². The highest BCUT2D eigenvalue weighted by atomic mass is 19.1. The molecule has 0 saturated heterocycles. The van der Waals surface area contributed by atoms with Gasteiger partial charge in [0.1, 0.15) is 17.5 Å². The van der Waals surface area contributed by atoms with E-state index in [9.17, 15) is 13.2 Å². The maximum atomic E-state index is 13.7. The zero-order chi connectivity index (χ0) is 14.5. The maximum absolute atomic E-state index is 13.7. The van der Waals surface area contributed by atoms with E-state index in [1.807, 2.05) is 6.92 Å². The van der Waals surface area contributed by atoms with Gasteiger partial charge in [0.25, 0.3) is 0 Å². The van der Waals surface area contributed by atoms with Crippen LogP contribution in [0.4, 0.5) is 13.2 Å². The lowest BCUT2D eigenvalue weighted by Gasteiger charge is -2.19. The van der Waals surface area contributed by atoms with Crippen molar-refractivity contribution in [2.24, 2.45) is 0 Å². The van der Waals surface area contributed by atoms with E-state index in [0.717, 1.165) is 6.07 Å². The fourth-order valence-electron chi connectivity index (χ4n) is 2.21. The summed E-state index contributed by atoms with van der Waals surface area (Å²) in [5.74, 6) is -1.57. The van der Waals surface area contributed by atoms with Crippen molar-refractivity contribution in [1.82, 2.24) is 5.32 Å². The summed E-state index contributed by atoms with van der Waals surface area (Å²) in [6.07, 6.45) is 0.337. The molecule has 2 aromatic rings. The molecule has 106 valence electrons. The van der Waals surface area contributed by atoms with Crippen LogP contribution in [-0.4, -0.2) is 6.54 Å². The van der Waals surface area contributed by atoms with Gasteiger partial charge in [-0.1, -0.05) is 25.1 Å². The molecule has 2 aromatic carbocycles. The summed E-state index contributed by atoms with van der Waals surface area (Å²) in [6.45, 7) is 2.52. The first-order valence-corrected chi connectivity index (χ1v) is 6.53. The van der Waals surface area contributed by atoms with Crippen molar-refractivity contribution in [3.8, 4) is 0 Å². The first-order chi connectivity index (χ1) is 9.60. The number of hydrogen-bond donors (Lipinski definition) is 1. The van der Waals surface area contributed by atoms with Crippen molar-refractivity contribution < 1.29 is 13.2 Å². The molecule has 0 radical (unpaired) electrons. The normalized spacial score (nSPS) is 12.4. The van der Waals surface area contributed by atoms with E-state index in [-0.39, 0.29) is 11.9 Å². The van der Waals surface area contributed by atoms with Crippen LogP contribution in [0, 0.1) is 17.5 Å². The molecule has 1 N–H and O–H groups in total. The molecule has 0 spiro atoms. The number of benzene rings is 2. The van der Waals surface area contributed by atoms with Gasteiger partial charge in [-0.05, 0) is 42.3 Å². The highest BCUT2D eigenvalue weighted by molar-refractivity contribution is 5.26. The molecule has 20 heavy (non-hydrogen) atoms. The predicted molar refractivity (Wildman–Crippen MR) is 72.9 cm³/mol. The largest absolute Gasteiger partial charge is 0.310 e. The Labute approximate surface area is 116 Å². The lowest BCUT2D eigenvalue weighted by Crippen LogP contribution is -2.23. The van der Waals surface area contributed by atoms with Crippen molar-refractivity contribution >= 4 is 0 Å². The smallest absolute Gasteiger partial charge is 0.126 e. The number of hydrogen-bond acceptors (Lipinski definition) is 1. The van der Waals surface area contributed by atoms with Gasteiger partial charge in [0.15, 0.2) is 0 Å². The molecule has 0 aromatic heterocycles. The van der Waals surface area contributed by atoms with Gasteiger partial charge < -0.3 is 5.32 Å². The topological polar surface area (TPSA) is 12.0 Å². The summed E-state index contributed by atoms with van der Waals surface area (Å²) in [7, 11) is 0. The third-order valence-electron chi connectivity index (χ3n) is 3.12. The molecule has 0 fully saturated rings. The summed E-state index contributed by atoms with van der Waals surface area (Å²) < 4.78 is 40.3.